The van der Waals surface area contributed by atoms with E-state index in [1.807, 2.05) is 18.2 Å². The summed E-state index contributed by atoms with van der Waals surface area (Å²) < 4.78 is 6.50. The molecule has 6 nitrogen and oxygen atoms in total. The van der Waals surface area contributed by atoms with E-state index >= 15 is 0 Å². The number of carbonyl (C=O) groups is 2. The largest absolute Gasteiger partial charge is 0.489 e. The molecule has 142 valence electrons. The highest BCUT2D eigenvalue weighted by molar-refractivity contribution is 9.10. The fourth-order valence-corrected chi connectivity index (χ4v) is 3.54. The Balaban J connectivity index is 1.83. The van der Waals surface area contributed by atoms with Gasteiger partial charge in [-0.1, -0.05) is 28.6 Å². The third kappa shape index (κ3) is 4.90. The van der Waals surface area contributed by atoms with Gasteiger partial charge in [-0.3, -0.25) is 4.79 Å². The lowest BCUT2D eigenvalue weighted by atomic mass is 10.2. The topological polar surface area (TPSA) is 88.0 Å². The normalized spacial score (nSPS) is 16.2. The zero-order valence-electron chi connectivity index (χ0n) is 14.5. The van der Waals surface area contributed by atoms with Crippen molar-refractivity contribution in [2.24, 2.45) is 4.99 Å². The number of rotatable bonds is 6. The maximum atomic E-state index is 12.3. The van der Waals surface area contributed by atoms with Crippen molar-refractivity contribution in [1.29, 1.82) is 0 Å². The summed E-state index contributed by atoms with van der Waals surface area (Å²) in [5, 5.41) is 12.1. The fourth-order valence-electron chi connectivity index (χ4n) is 2.33. The summed E-state index contributed by atoms with van der Waals surface area (Å²) >= 11 is 4.62. The van der Waals surface area contributed by atoms with Gasteiger partial charge in [-0.15, -0.1) is 0 Å². The Morgan fingerprint density at radius 3 is 2.71 bits per heavy atom. The second kappa shape index (κ2) is 8.90. The maximum Gasteiger partial charge on any atom is 0.335 e. The number of benzene rings is 2. The molecule has 1 aliphatic rings. The van der Waals surface area contributed by atoms with E-state index in [4.69, 9.17) is 9.84 Å². The van der Waals surface area contributed by atoms with Gasteiger partial charge in [0.2, 0.25) is 0 Å². The minimum absolute atomic E-state index is 0.175. The van der Waals surface area contributed by atoms with Gasteiger partial charge in [-0.05, 0) is 60.3 Å². The summed E-state index contributed by atoms with van der Waals surface area (Å²) in [6.07, 6.45) is 3.38. The maximum absolute atomic E-state index is 12.3. The van der Waals surface area contributed by atoms with Crippen molar-refractivity contribution < 1.29 is 19.4 Å². The first-order valence-electron chi connectivity index (χ1n) is 8.12. The molecule has 28 heavy (non-hydrogen) atoms. The molecule has 1 heterocycles. The lowest BCUT2D eigenvalue weighted by Crippen LogP contribution is -2.19. The molecule has 0 atom stereocenters. The highest BCUT2D eigenvalue weighted by Gasteiger charge is 2.24. The number of nitrogens with zero attached hydrogens (tertiary/aromatic N) is 1. The van der Waals surface area contributed by atoms with Crippen LogP contribution in [-0.4, -0.2) is 28.8 Å². The molecule has 0 unspecified atom stereocenters. The summed E-state index contributed by atoms with van der Waals surface area (Å²) in [6.45, 7) is 3.99. The Bertz CT molecular complexity index is 1000. The summed E-state index contributed by atoms with van der Waals surface area (Å²) in [7, 11) is 0. The van der Waals surface area contributed by atoms with Crippen LogP contribution in [0, 0.1) is 0 Å². The Labute approximate surface area is 174 Å². The van der Waals surface area contributed by atoms with Crippen LogP contribution in [-0.2, 0) is 4.79 Å². The smallest absolute Gasteiger partial charge is 0.335 e. The van der Waals surface area contributed by atoms with Crippen LogP contribution in [0.15, 0.2) is 69.5 Å². The van der Waals surface area contributed by atoms with Gasteiger partial charge in [0.1, 0.15) is 12.4 Å². The number of aliphatic imine (C=N–C) groups is 1. The molecule has 1 amide bonds. The van der Waals surface area contributed by atoms with Crippen LogP contribution in [0.4, 0.5) is 5.69 Å². The van der Waals surface area contributed by atoms with Gasteiger partial charge in [0, 0.05) is 10.0 Å². The first kappa shape index (κ1) is 19.9. The zero-order chi connectivity index (χ0) is 20.1. The Kier molecular flexibility index (Phi) is 6.33. The van der Waals surface area contributed by atoms with E-state index in [2.05, 4.69) is 32.8 Å². The predicted octanol–water partition coefficient (Wildman–Crippen LogP) is 4.60. The van der Waals surface area contributed by atoms with Crippen LogP contribution in [0.5, 0.6) is 5.75 Å². The van der Waals surface area contributed by atoms with E-state index in [0.717, 1.165) is 10.0 Å². The van der Waals surface area contributed by atoms with Gasteiger partial charge >= 0.3 is 5.97 Å². The van der Waals surface area contributed by atoms with E-state index in [1.165, 1.54) is 23.9 Å². The van der Waals surface area contributed by atoms with E-state index < -0.39 is 5.97 Å². The van der Waals surface area contributed by atoms with Crippen LogP contribution in [0.2, 0.25) is 0 Å². The number of hydrogen-bond donors (Lipinski definition) is 2. The van der Waals surface area contributed by atoms with Crippen molar-refractivity contribution in [2.75, 3.05) is 6.61 Å². The Hall–Kier alpha value is -2.84. The van der Waals surface area contributed by atoms with E-state index in [0.29, 0.717) is 28.1 Å². The molecule has 0 saturated carbocycles. The van der Waals surface area contributed by atoms with Crippen LogP contribution in [0.25, 0.3) is 6.08 Å². The van der Waals surface area contributed by atoms with Crippen molar-refractivity contribution in [3.63, 3.8) is 0 Å². The Morgan fingerprint density at radius 1 is 1.29 bits per heavy atom. The molecule has 3 rings (SSSR count). The molecule has 2 N–H and O–H groups in total. The van der Waals surface area contributed by atoms with Gasteiger partial charge in [-0.2, -0.15) is 0 Å². The molecule has 2 aromatic carbocycles. The molecule has 0 aliphatic carbocycles. The van der Waals surface area contributed by atoms with Crippen LogP contribution >= 0.6 is 27.7 Å². The summed E-state index contributed by atoms with van der Waals surface area (Å²) in [6, 6.07) is 11.6. The number of aromatic carboxylic acids is 1. The van der Waals surface area contributed by atoms with E-state index in [1.54, 1.807) is 24.3 Å². The highest BCUT2D eigenvalue weighted by atomic mass is 79.9. The number of halogens is 1. The average Bonchev–Trinajstić information content (AvgIpc) is 3.00. The van der Waals surface area contributed by atoms with Gasteiger partial charge in [-0.25, -0.2) is 9.79 Å². The molecular formula is C20H15BrN2O4S. The van der Waals surface area contributed by atoms with Crippen molar-refractivity contribution in [1.82, 2.24) is 5.32 Å². The monoisotopic (exact) mass is 458 g/mol. The number of thioether (sulfide) groups is 1. The van der Waals surface area contributed by atoms with Crippen molar-refractivity contribution in [3.8, 4) is 5.75 Å². The lowest BCUT2D eigenvalue weighted by molar-refractivity contribution is -0.115. The molecule has 0 radical (unpaired) electrons. The Morgan fingerprint density at radius 2 is 2.04 bits per heavy atom. The second-order valence-corrected chi connectivity index (χ2v) is 7.56. The van der Waals surface area contributed by atoms with Gasteiger partial charge in [0.05, 0.1) is 16.2 Å². The first-order valence-corrected chi connectivity index (χ1v) is 9.73. The molecular weight excluding hydrogens is 444 g/mol. The third-order valence-electron chi connectivity index (χ3n) is 3.61. The number of carbonyl (C=O) groups excluding carboxylic acids is 1. The van der Waals surface area contributed by atoms with Gasteiger partial charge in [0.25, 0.3) is 5.91 Å². The summed E-state index contributed by atoms with van der Waals surface area (Å²) in [5.74, 6) is -0.629. The molecule has 1 aliphatic heterocycles. The molecule has 0 aromatic heterocycles. The van der Waals surface area contributed by atoms with E-state index in [-0.39, 0.29) is 11.5 Å². The van der Waals surface area contributed by atoms with E-state index in [9.17, 15) is 9.59 Å². The van der Waals surface area contributed by atoms with Gasteiger partial charge in [0.15, 0.2) is 5.17 Å². The second-order valence-electron chi connectivity index (χ2n) is 5.62. The minimum atomic E-state index is -1.00. The zero-order valence-corrected chi connectivity index (χ0v) is 16.9. The molecule has 8 heteroatoms. The van der Waals surface area contributed by atoms with Crippen LogP contribution < -0.4 is 10.1 Å². The molecule has 1 saturated heterocycles. The number of ether oxygens (including phenoxy) is 1. The SMILES string of the molecule is C=CCOc1ccc(Br)cc1/C=C1\SC(=Nc2ccc(C(=O)O)cc2)NC1=O. The fraction of sp³-hybridized carbons (Fsp3) is 0.0500. The molecule has 2 aromatic rings. The summed E-state index contributed by atoms with van der Waals surface area (Å²) in [4.78, 5) is 28.0. The average molecular weight is 459 g/mol. The molecule has 1 fully saturated rings. The van der Waals surface area contributed by atoms with Gasteiger partial charge < -0.3 is 15.2 Å². The molecule has 0 spiro atoms. The van der Waals surface area contributed by atoms with Crippen molar-refractivity contribution in [3.05, 3.63) is 75.6 Å². The number of carboxylic acids is 1. The number of carboxylic acid groups (broad SMARTS) is 1. The van der Waals surface area contributed by atoms with Crippen LogP contribution in [0.1, 0.15) is 15.9 Å². The number of hydrogen-bond acceptors (Lipinski definition) is 5. The van der Waals surface area contributed by atoms with Crippen LogP contribution in [0.3, 0.4) is 0 Å². The third-order valence-corrected chi connectivity index (χ3v) is 5.01. The highest BCUT2D eigenvalue weighted by Crippen LogP contribution is 2.32. The number of nitrogens with one attached hydrogen (secondary N) is 1. The quantitative estimate of drug-likeness (QED) is 0.487. The number of amides is 1. The number of amidine groups is 1. The minimum Gasteiger partial charge on any atom is -0.489 e. The van der Waals surface area contributed by atoms with Crippen molar-refractivity contribution >= 4 is 56.5 Å². The van der Waals surface area contributed by atoms with Crippen molar-refractivity contribution in [2.45, 2.75) is 0 Å². The summed E-state index contributed by atoms with van der Waals surface area (Å²) in [5.41, 5.74) is 1.47. The predicted molar refractivity (Wildman–Crippen MR) is 114 cm³/mol. The lowest BCUT2D eigenvalue weighted by Gasteiger charge is -2.08. The first-order chi connectivity index (χ1) is 13.5. The standard InChI is InChI=1S/C20H15BrN2O4S/c1-2-9-27-16-8-5-14(21)10-13(16)11-17-18(24)23-20(28-17)22-15-6-3-12(4-7-15)19(25)26/h2-8,10-11H,1,9H2,(H,25,26)(H,22,23,24)/b17-11-. The molecule has 0 bridgehead atoms.